The summed E-state index contributed by atoms with van der Waals surface area (Å²) in [5.41, 5.74) is 21.1. The highest BCUT2D eigenvalue weighted by molar-refractivity contribution is 6.23. The summed E-state index contributed by atoms with van der Waals surface area (Å²) < 4.78 is 0. The zero-order valence-corrected chi connectivity index (χ0v) is 36.8. The van der Waals surface area contributed by atoms with Crippen molar-refractivity contribution in [3.8, 4) is 33.5 Å². The second-order valence-electron chi connectivity index (χ2n) is 18.1. The number of anilines is 10. The molecule has 0 atom stereocenters. The largest absolute Gasteiger partial charge is 0.341 e. The highest BCUT2D eigenvalue weighted by Gasteiger charge is 2.36. The SMILES string of the molecule is CN1c2ccccc2N(c2ccc3c(-c4ccccn4)c4cc(N5c6ccccc6N(C)c6ccccc65)ccc4c(-c4ccc5c(c4)C(C)(C)c4ccccc4-5)c3c2)c2ccccc21. The first-order valence-corrected chi connectivity index (χ1v) is 22.5. The number of benzene rings is 9. The Morgan fingerprint density at radius 3 is 1.34 bits per heavy atom. The molecule has 3 aliphatic rings. The van der Waals surface area contributed by atoms with Gasteiger partial charge in [-0.25, -0.2) is 0 Å². The van der Waals surface area contributed by atoms with Crippen molar-refractivity contribution in [2.75, 3.05) is 33.7 Å². The van der Waals surface area contributed by atoms with Gasteiger partial charge in [0.1, 0.15) is 0 Å². The van der Waals surface area contributed by atoms with E-state index >= 15 is 0 Å². The van der Waals surface area contributed by atoms with Crippen LogP contribution in [-0.4, -0.2) is 19.1 Å². The van der Waals surface area contributed by atoms with Crippen LogP contribution in [0.1, 0.15) is 25.0 Å². The zero-order valence-electron chi connectivity index (χ0n) is 36.8. The fourth-order valence-electron chi connectivity index (χ4n) is 11.3. The molecule has 0 saturated heterocycles. The van der Waals surface area contributed by atoms with Gasteiger partial charge in [-0.1, -0.05) is 117 Å². The van der Waals surface area contributed by atoms with E-state index in [4.69, 9.17) is 4.98 Å². The minimum Gasteiger partial charge on any atom is -0.341 e. The second-order valence-corrected chi connectivity index (χ2v) is 18.1. The van der Waals surface area contributed by atoms with Crippen LogP contribution in [0, 0.1) is 0 Å². The first kappa shape index (κ1) is 37.4. The third-order valence-corrected chi connectivity index (χ3v) is 14.3. The number of aromatic nitrogens is 1. The molecule has 13 rings (SSSR count). The van der Waals surface area contributed by atoms with Crippen LogP contribution in [0.25, 0.3) is 55.1 Å². The number of para-hydroxylation sites is 8. The summed E-state index contributed by atoms with van der Waals surface area (Å²) in [6.07, 6.45) is 1.92. The number of fused-ring (bicyclic) bond motifs is 9. The van der Waals surface area contributed by atoms with Crippen LogP contribution < -0.4 is 19.6 Å². The van der Waals surface area contributed by atoms with Crippen molar-refractivity contribution in [2.45, 2.75) is 19.3 Å². The van der Waals surface area contributed by atoms with E-state index < -0.39 is 0 Å². The average molecular weight is 836 g/mol. The number of hydrogen-bond acceptors (Lipinski definition) is 5. The van der Waals surface area contributed by atoms with Gasteiger partial charge in [-0.05, 0) is 146 Å². The number of nitrogens with zero attached hydrogens (tertiary/aromatic N) is 5. The van der Waals surface area contributed by atoms with Crippen LogP contribution in [0.5, 0.6) is 0 Å². The summed E-state index contributed by atoms with van der Waals surface area (Å²) in [5, 5.41) is 4.68. The summed E-state index contributed by atoms with van der Waals surface area (Å²) in [4.78, 5) is 14.6. The average Bonchev–Trinajstić information content (AvgIpc) is 3.58. The highest BCUT2D eigenvalue weighted by atomic mass is 15.3. The van der Waals surface area contributed by atoms with Crippen LogP contribution in [0.4, 0.5) is 56.9 Å². The van der Waals surface area contributed by atoms with Gasteiger partial charge in [0, 0.05) is 42.6 Å². The minimum absolute atomic E-state index is 0.158. The van der Waals surface area contributed by atoms with Crippen LogP contribution >= 0.6 is 0 Å². The van der Waals surface area contributed by atoms with Crippen molar-refractivity contribution in [3.63, 3.8) is 0 Å². The number of pyridine rings is 1. The number of hydrogen-bond donors (Lipinski definition) is 0. The van der Waals surface area contributed by atoms with Crippen molar-refractivity contribution < 1.29 is 0 Å². The first-order chi connectivity index (χ1) is 31.9. The Labute approximate surface area is 379 Å². The maximum Gasteiger partial charge on any atom is 0.0714 e. The lowest BCUT2D eigenvalue weighted by molar-refractivity contribution is 0.660. The van der Waals surface area contributed by atoms with Crippen LogP contribution in [-0.2, 0) is 5.41 Å². The predicted molar refractivity (Wildman–Crippen MR) is 273 cm³/mol. The highest BCUT2D eigenvalue weighted by Crippen LogP contribution is 2.56. The summed E-state index contributed by atoms with van der Waals surface area (Å²) in [6.45, 7) is 4.75. The summed E-state index contributed by atoms with van der Waals surface area (Å²) in [6, 6.07) is 71.5. The van der Waals surface area contributed by atoms with Gasteiger partial charge < -0.3 is 19.6 Å². The maximum atomic E-state index is 5.11. The Hall–Kier alpha value is -8.15. The zero-order chi connectivity index (χ0) is 43.6. The second kappa shape index (κ2) is 13.9. The fraction of sp³-hybridized carbons (Fsp3) is 0.0833. The predicted octanol–water partition coefficient (Wildman–Crippen LogP) is 16.1. The van der Waals surface area contributed by atoms with E-state index in [-0.39, 0.29) is 5.41 Å². The van der Waals surface area contributed by atoms with E-state index in [0.717, 1.165) is 67.5 Å². The third-order valence-electron chi connectivity index (χ3n) is 14.3. The topological polar surface area (TPSA) is 25.9 Å². The Kier molecular flexibility index (Phi) is 8.01. The van der Waals surface area contributed by atoms with Gasteiger partial charge in [-0.3, -0.25) is 4.98 Å². The monoisotopic (exact) mass is 835 g/mol. The summed E-state index contributed by atoms with van der Waals surface area (Å²) >= 11 is 0. The minimum atomic E-state index is -0.158. The molecule has 0 fully saturated rings. The normalized spacial score (nSPS) is 14.2. The molecular weight excluding hydrogens is 791 g/mol. The first-order valence-electron chi connectivity index (χ1n) is 22.5. The molecule has 3 heterocycles. The maximum absolute atomic E-state index is 5.11. The van der Waals surface area contributed by atoms with Gasteiger partial charge in [0.05, 0.1) is 51.2 Å². The lowest BCUT2D eigenvalue weighted by atomic mass is 9.80. The van der Waals surface area contributed by atoms with Gasteiger partial charge in [-0.15, -0.1) is 0 Å². The van der Waals surface area contributed by atoms with E-state index in [1.807, 2.05) is 12.3 Å². The molecule has 0 radical (unpaired) electrons. The molecule has 0 bridgehead atoms. The molecule has 0 N–H and O–H groups in total. The number of rotatable bonds is 4. The molecule has 0 unspecified atom stereocenters. The molecule has 10 aromatic rings. The fourth-order valence-corrected chi connectivity index (χ4v) is 11.3. The van der Waals surface area contributed by atoms with E-state index in [1.54, 1.807) is 0 Å². The molecule has 1 aliphatic carbocycles. The Morgan fingerprint density at radius 2 is 0.815 bits per heavy atom. The van der Waals surface area contributed by atoms with E-state index in [1.165, 1.54) is 55.5 Å². The molecular formula is C60H45N5. The molecule has 0 saturated carbocycles. The third kappa shape index (κ3) is 5.36. The smallest absolute Gasteiger partial charge is 0.0714 e. The summed E-state index contributed by atoms with van der Waals surface area (Å²) in [5.74, 6) is 0. The van der Waals surface area contributed by atoms with Gasteiger partial charge in [-0.2, -0.15) is 0 Å². The van der Waals surface area contributed by atoms with Gasteiger partial charge in [0.15, 0.2) is 0 Å². The summed E-state index contributed by atoms with van der Waals surface area (Å²) in [7, 11) is 4.33. The molecule has 310 valence electrons. The molecule has 0 amide bonds. The molecule has 9 aromatic carbocycles. The standard InChI is InChI=1S/C60H45N5/c1-60(2)47-18-6-5-17-41(47)42-31-28-38(35-48(42)60)58-43-32-29-40(65-56-26-13-9-22-52(56)63(4)53-23-10-14-27-57(53)65)37-46(43)59(49-19-15-16-34-61-49)44-33-30-39(36-45(44)58)64-54-24-11-7-20-50(54)62(3)51-21-8-12-25-55(51)64/h5-37H,1-4H3. The Morgan fingerprint density at radius 1 is 0.369 bits per heavy atom. The van der Waals surface area contributed by atoms with Gasteiger partial charge >= 0.3 is 0 Å². The van der Waals surface area contributed by atoms with Crippen LogP contribution in [0.3, 0.4) is 0 Å². The molecule has 65 heavy (non-hydrogen) atoms. The van der Waals surface area contributed by atoms with Crippen molar-refractivity contribution in [1.82, 2.24) is 4.98 Å². The lowest BCUT2D eigenvalue weighted by Crippen LogP contribution is -2.24. The van der Waals surface area contributed by atoms with Crippen molar-refractivity contribution in [3.05, 3.63) is 211 Å². The molecule has 0 spiro atoms. The molecule has 5 nitrogen and oxygen atoms in total. The van der Waals surface area contributed by atoms with E-state index in [9.17, 15) is 0 Å². The van der Waals surface area contributed by atoms with Gasteiger partial charge in [0.2, 0.25) is 0 Å². The Balaban J connectivity index is 1.13. The quantitative estimate of drug-likeness (QED) is 0.165. The molecule has 2 aliphatic heterocycles. The van der Waals surface area contributed by atoms with Crippen LogP contribution in [0.15, 0.2) is 200 Å². The lowest BCUT2D eigenvalue weighted by Gasteiger charge is -2.39. The Bertz CT molecular complexity index is 3500. The van der Waals surface area contributed by atoms with Gasteiger partial charge in [0.25, 0.3) is 0 Å². The van der Waals surface area contributed by atoms with E-state index in [0.29, 0.717) is 0 Å². The van der Waals surface area contributed by atoms with Crippen molar-refractivity contribution in [2.24, 2.45) is 0 Å². The van der Waals surface area contributed by atoms with Crippen LogP contribution in [0.2, 0.25) is 0 Å². The molecule has 1 aromatic heterocycles. The van der Waals surface area contributed by atoms with Crippen molar-refractivity contribution >= 4 is 78.4 Å². The van der Waals surface area contributed by atoms with Crippen molar-refractivity contribution in [1.29, 1.82) is 0 Å². The molecule has 5 heteroatoms. The van der Waals surface area contributed by atoms with E-state index in [2.05, 4.69) is 236 Å².